The van der Waals surface area contributed by atoms with Crippen molar-refractivity contribution in [2.24, 2.45) is 0 Å². The molecule has 0 radical (unpaired) electrons. The van der Waals surface area contributed by atoms with E-state index in [-0.39, 0.29) is 24.4 Å². The molecule has 0 unspecified atom stereocenters. The lowest BCUT2D eigenvalue weighted by molar-refractivity contribution is -0.133. The first-order valence-electron chi connectivity index (χ1n) is 7.80. The van der Waals surface area contributed by atoms with E-state index in [2.05, 4.69) is 5.32 Å². The number of carbonyl (C=O) groups excluding carboxylic acids is 2. The minimum absolute atomic E-state index is 0.0179. The van der Waals surface area contributed by atoms with Gasteiger partial charge in [0.2, 0.25) is 11.8 Å². The molecular weight excluding hydrogens is 304 g/mol. The van der Waals surface area contributed by atoms with E-state index in [1.54, 1.807) is 7.05 Å². The van der Waals surface area contributed by atoms with Crippen molar-refractivity contribution in [2.75, 3.05) is 20.2 Å². The number of likely N-dealkylation sites (N-methyl/N-ethyl adjacent to an activating group) is 1. The molecule has 5 heteroatoms. The number of nitrogens with zero attached hydrogens (tertiary/aromatic N) is 1. The molecule has 0 aliphatic rings. The molecule has 2 amide bonds. The summed E-state index contributed by atoms with van der Waals surface area (Å²) < 4.78 is 5.78. The SMILES string of the molecule is CC(=O)N(C)CC(=O)N[C@H](COc1ccccc1)c1ccccc1. The summed E-state index contributed by atoms with van der Waals surface area (Å²) in [5.74, 6) is 0.369. The maximum Gasteiger partial charge on any atom is 0.240 e. The second-order valence-corrected chi connectivity index (χ2v) is 5.53. The van der Waals surface area contributed by atoms with Crippen LogP contribution in [-0.2, 0) is 9.59 Å². The fraction of sp³-hybridized carbons (Fsp3) is 0.263. The summed E-state index contributed by atoms with van der Waals surface area (Å²) in [6, 6.07) is 18.8. The summed E-state index contributed by atoms with van der Waals surface area (Å²) in [7, 11) is 1.60. The van der Waals surface area contributed by atoms with Gasteiger partial charge >= 0.3 is 0 Å². The van der Waals surface area contributed by atoms with Crippen LogP contribution in [0.25, 0.3) is 0 Å². The van der Waals surface area contributed by atoms with E-state index >= 15 is 0 Å². The van der Waals surface area contributed by atoms with E-state index in [0.29, 0.717) is 6.61 Å². The third kappa shape index (κ3) is 5.43. The minimum atomic E-state index is -0.292. The molecule has 5 nitrogen and oxygen atoms in total. The van der Waals surface area contributed by atoms with Crippen LogP contribution in [0, 0.1) is 0 Å². The van der Waals surface area contributed by atoms with Gasteiger partial charge in [-0.05, 0) is 17.7 Å². The smallest absolute Gasteiger partial charge is 0.240 e. The maximum atomic E-state index is 12.2. The highest BCUT2D eigenvalue weighted by molar-refractivity contribution is 5.83. The Labute approximate surface area is 142 Å². The van der Waals surface area contributed by atoms with Crippen molar-refractivity contribution in [1.82, 2.24) is 10.2 Å². The van der Waals surface area contributed by atoms with Crippen LogP contribution in [0.5, 0.6) is 5.75 Å². The first-order valence-corrected chi connectivity index (χ1v) is 7.80. The van der Waals surface area contributed by atoms with Crippen molar-refractivity contribution in [3.05, 3.63) is 66.2 Å². The van der Waals surface area contributed by atoms with Crippen molar-refractivity contribution in [1.29, 1.82) is 0 Å². The lowest BCUT2D eigenvalue weighted by Gasteiger charge is -2.22. The van der Waals surface area contributed by atoms with E-state index in [1.807, 2.05) is 60.7 Å². The number of benzene rings is 2. The fourth-order valence-electron chi connectivity index (χ4n) is 2.17. The van der Waals surface area contributed by atoms with Crippen LogP contribution in [0.15, 0.2) is 60.7 Å². The van der Waals surface area contributed by atoms with Gasteiger partial charge in [0.15, 0.2) is 0 Å². The number of ether oxygens (including phenoxy) is 1. The highest BCUT2D eigenvalue weighted by atomic mass is 16.5. The number of hydrogen-bond acceptors (Lipinski definition) is 3. The average molecular weight is 326 g/mol. The predicted octanol–water partition coefficient (Wildman–Crippen LogP) is 2.40. The molecule has 0 aliphatic heterocycles. The number of rotatable bonds is 7. The van der Waals surface area contributed by atoms with E-state index in [1.165, 1.54) is 11.8 Å². The Kier molecular flexibility index (Phi) is 6.37. The largest absolute Gasteiger partial charge is 0.491 e. The van der Waals surface area contributed by atoms with Crippen LogP contribution in [0.1, 0.15) is 18.5 Å². The summed E-state index contributed by atoms with van der Waals surface area (Å²) in [4.78, 5) is 24.8. The van der Waals surface area contributed by atoms with Gasteiger partial charge in [0.05, 0.1) is 12.6 Å². The third-order valence-corrected chi connectivity index (χ3v) is 3.62. The van der Waals surface area contributed by atoms with Gasteiger partial charge in [-0.2, -0.15) is 0 Å². The van der Waals surface area contributed by atoms with E-state index in [0.717, 1.165) is 11.3 Å². The van der Waals surface area contributed by atoms with Crippen LogP contribution >= 0.6 is 0 Å². The van der Waals surface area contributed by atoms with E-state index < -0.39 is 0 Å². The van der Waals surface area contributed by atoms with Crippen molar-refractivity contribution in [2.45, 2.75) is 13.0 Å². The number of carbonyl (C=O) groups is 2. The van der Waals surface area contributed by atoms with Gasteiger partial charge in [-0.1, -0.05) is 48.5 Å². The van der Waals surface area contributed by atoms with Crippen LogP contribution in [0.2, 0.25) is 0 Å². The Morgan fingerprint density at radius 2 is 1.62 bits per heavy atom. The maximum absolute atomic E-state index is 12.2. The van der Waals surface area contributed by atoms with Gasteiger partial charge in [0.25, 0.3) is 0 Å². The summed E-state index contributed by atoms with van der Waals surface area (Å²) in [6.45, 7) is 1.76. The Hall–Kier alpha value is -2.82. The van der Waals surface area contributed by atoms with E-state index in [4.69, 9.17) is 4.74 Å². The topological polar surface area (TPSA) is 58.6 Å². The Bertz CT molecular complexity index is 659. The molecule has 0 saturated heterocycles. The minimum Gasteiger partial charge on any atom is -0.491 e. The molecule has 0 aromatic heterocycles. The first-order chi connectivity index (χ1) is 11.6. The molecule has 2 rings (SSSR count). The number of amides is 2. The van der Waals surface area contributed by atoms with Gasteiger partial charge in [-0.3, -0.25) is 9.59 Å². The first kappa shape index (κ1) is 17.5. The third-order valence-electron chi connectivity index (χ3n) is 3.62. The predicted molar refractivity (Wildman–Crippen MR) is 92.6 cm³/mol. The summed E-state index contributed by atoms with van der Waals surface area (Å²) >= 11 is 0. The van der Waals surface area contributed by atoms with Crippen molar-refractivity contribution in [3.63, 3.8) is 0 Å². The lowest BCUT2D eigenvalue weighted by Crippen LogP contribution is -2.40. The Morgan fingerprint density at radius 3 is 2.21 bits per heavy atom. The van der Waals surface area contributed by atoms with E-state index in [9.17, 15) is 9.59 Å². The van der Waals surface area contributed by atoms with Crippen LogP contribution < -0.4 is 10.1 Å². The average Bonchev–Trinajstić information content (AvgIpc) is 2.60. The molecule has 1 atom stereocenters. The second kappa shape index (κ2) is 8.72. The molecular formula is C19H22N2O3. The quantitative estimate of drug-likeness (QED) is 0.850. The zero-order chi connectivity index (χ0) is 17.4. The number of nitrogens with one attached hydrogen (secondary N) is 1. The summed E-state index contributed by atoms with van der Waals surface area (Å²) in [6.07, 6.45) is 0. The molecule has 2 aromatic carbocycles. The number of hydrogen-bond donors (Lipinski definition) is 1. The Morgan fingerprint density at radius 1 is 1.04 bits per heavy atom. The van der Waals surface area contributed by atoms with Gasteiger partial charge in [0, 0.05) is 14.0 Å². The normalized spacial score (nSPS) is 11.4. The summed E-state index contributed by atoms with van der Waals surface area (Å²) in [5, 5.41) is 2.93. The van der Waals surface area contributed by atoms with Crippen LogP contribution in [0.4, 0.5) is 0 Å². The molecule has 0 spiro atoms. The van der Waals surface area contributed by atoms with Gasteiger partial charge in [0.1, 0.15) is 12.4 Å². The molecule has 126 valence electrons. The Balaban J connectivity index is 2.03. The molecule has 24 heavy (non-hydrogen) atoms. The van der Waals surface area contributed by atoms with Gasteiger partial charge in [-0.25, -0.2) is 0 Å². The van der Waals surface area contributed by atoms with Crippen LogP contribution in [-0.4, -0.2) is 36.9 Å². The highest BCUT2D eigenvalue weighted by Crippen LogP contribution is 2.16. The molecule has 0 fully saturated rings. The fourth-order valence-corrected chi connectivity index (χ4v) is 2.17. The van der Waals surface area contributed by atoms with Crippen molar-refractivity contribution in [3.8, 4) is 5.75 Å². The monoisotopic (exact) mass is 326 g/mol. The van der Waals surface area contributed by atoms with Crippen LogP contribution in [0.3, 0.4) is 0 Å². The molecule has 0 bridgehead atoms. The molecule has 0 aliphatic carbocycles. The highest BCUT2D eigenvalue weighted by Gasteiger charge is 2.17. The van der Waals surface area contributed by atoms with Gasteiger partial charge < -0.3 is 15.0 Å². The molecule has 1 N–H and O–H groups in total. The standard InChI is InChI=1S/C19H22N2O3/c1-15(22)21(2)13-19(23)20-18(16-9-5-3-6-10-16)14-24-17-11-7-4-8-12-17/h3-12,18H,13-14H2,1-2H3,(H,20,23)/t18-/m1/s1. The zero-order valence-electron chi connectivity index (χ0n) is 13.9. The molecule has 0 saturated carbocycles. The molecule has 2 aromatic rings. The number of para-hydroxylation sites is 1. The van der Waals surface area contributed by atoms with Crippen molar-refractivity contribution >= 4 is 11.8 Å². The lowest BCUT2D eigenvalue weighted by atomic mass is 10.1. The summed E-state index contributed by atoms with van der Waals surface area (Å²) in [5.41, 5.74) is 0.951. The zero-order valence-corrected chi connectivity index (χ0v) is 13.9. The van der Waals surface area contributed by atoms with Gasteiger partial charge in [-0.15, -0.1) is 0 Å². The second-order valence-electron chi connectivity index (χ2n) is 5.53. The molecule has 0 heterocycles. The van der Waals surface area contributed by atoms with Crippen molar-refractivity contribution < 1.29 is 14.3 Å².